The molecular weight excluding hydrogens is 295 g/mol. The van der Waals surface area contributed by atoms with E-state index in [1.807, 2.05) is 17.9 Å². The molecule has 0 radical (unpaired) electrons. The normalized spacial score (nSPS) is 14.9. The number of nitrogens with zero attached hydrogens (tertiary/aromatic N) is 2. The summed E-state index contributed by atoms with van der Waals surface area (Å²) in [4.78, 5) is 18.3. The molecule has 1 aliphatic heterocycles. The zero-order chi connectivity index (χ0) is 16.5. The van der Waals surface area contributed by atoms with Crippen LogP contribution in [0.2, 0.25) is 0 Å². The standard InChI is InChI=1S/C17H25FN4O/c1-2-19-17(21-13-14-6-5-7-15(18)12-14)20-9-8-16(23)22-10-3-4-11-22/h5-7,12H,2-4,8-11,13H2,1H3,(H2,19,20,21). The fourth-order valence-electron chi connectivity index (χ4n) is 2.56. The van der Waals surface area contributed by atoms with Crippen LogP contribution in [0.5, 0.6) is 0 Å². The lowest BCUT2D eigenvalue weighted by Crippen LogP contribution is -2.39. The van der Waals surface area contributed by atoms with Gasteiger partial charge in [-0.2, -0.15) is 0 Å². The zero-order valence-electron chi connectivity index (χ0n) is 13.6. The van der Waals surface area contributed by atoms with E-state index in [9.17, 15) is 9.18 Å². The van der Waals surface area contributed by atoms with Gasteiger partial charge in [-0.3, -0.25) is 4.79 Å². The van der Waals surface area contributed by atoms with Gasteiger partial charge in [-0.05, 0) is 37.5 Å². The highest BCUT2D eigenvalue weighted by Gasteiger charge is 2.17. The number of carbonyl (C=O) groups excluding carboxylic acids is 1. The van der Waals surface area contributed by atoms with Crippen LogP contribution < -0.4 is 10.6 Å². The van der Waals surface area contributed by atoms with Crippen molar-refractivity contribution in [1.82, 2.24) is 15.5 Å². The van der Waals surface area contributed by atoms with Crippen LogP contribution >= 0.6 is 0 Å². The molecule has 0 aromatic heterocycles. The monoisotopic (exact) mass is 320 g/mol. The SMILES string of the molecule is CCNC(=NCc1cccc(F)c1)NCCC(=O)N1CCCC1. The molecule has 1 heterocycles. The minimum atomic E-state index is -0.258. The quantitative estimate of drug-likeness (QED) is 0.622. The minimum Gasteiger partial charge on any atom is -0.357 e. The van der Waals surface area contributed by atoms with Crippen molar-refractivity contribution in [2.24, 2.45) is 4.99 Å². The van der Waals surface area contributed by atoms with Gasteiger partial charge in [0.1, 0.15) is 5.82 Å². The molecular formula is C17H25FN4O. The van der Waals surface area contributed by atoms with E-state index in [0.717, 1.165) is 38.0 Å². The van der Waals surface area contributed by atoms with Crippen molar-refractivity contribution < 1.29 is 9.18 Å². The van der Waals surface area contributed by atoms with E-state index in [0.29, 0.717) is 25.5 Å². The highest BCUT2D eigenvalue weighted by atomic mass is 19.1. The Kier molecular flexibility index (Phi) is 6.84. The third kappa shape index (κ3) is 5.88. The minimum absolute atomic E-state index is 0.191. The first-order valence-electron chi connectivity index (χ1n) is 8.23. The summed E-state index contributed by atoms with van der Waals surface area (Å²) in [5.41, 5.74) is 0.815. The van der Waals surface area contributed by atoms with Gasteiger partial charge in [0.05, 0.1) is 6.54 Å². The molecule has 5 nitrogen and oxygen atoms in total. The van der Waals surface area contributed by atoms with Crippen molar-refractivity contribution >= 4 is 11.9 Å². The lowest BCUT2D eigenvalue weighted by molar-refractivity contribution is -0.129. The zero-order valence-corrected chi connectivity index (χ0v) is 13.6. The summed E-state index contributed by atoms with van der Waals surface area (Å²) in [6.07, 6.45) is 2.68. The second-order valence-electron chi connectivity index (χ2n) is 5.59. The molecule has 126 valence electrons. The van der Waals surface area contributed by atoms with Crippen LogP contribution in [0.4, 0.5) is 4.39 Å². The third-order valence-electron chi connectivity index (χ3n) is 3.74. The summed E-state index contributed by atoms with van der Waals surface area (Å²) in [6.45, 7) is 5.42. The first kappa shape index (κ1) is 17.2. The van der Waals surface area contributed by atoms with Crippen LogP contribution in [-0.4, -0.2) is 42.9 Å². The third-order valence-corrected chi connectivity index (χ3v) is 3.74. The van der Waals surface area contributed by atoms with Crippen molar-refractivity contribution in [3.63, 3.8) is 0 Å². The number of carbonyl (C=O) groups is 1. The van der Waals surface area contributed by atoms with E-state index in [-0.39, 0.29) is 11.7 Å². The molecule has 0 bridgehead atoms. The van der Waals surface area contributed by atoms with E-state index < -0.39 is 0 Å². The van der Waals surface area contributed by atoms with Gasteiger partial charge in [0.25, 0.3) is 0 Å². The number of likely N-dealkylation sites (tertiary alicyclic amines) is 1. The fraction of sp³-hybridized carbons (Fsp3) is 0.529. The second kappa shape index (κ2) is 9.12. The van der Waals surface area contributed by atoms with Gasteiger partial charge in [-0.1, -0.05) is 12.1 Å². The van der Waals surface area contributed by atoms with Crippen LogP contribution in [0.1, 0.15) is 31.7 Å². The number of guanidine groups is 1. The molecule has 1 aromatic carbocycles. The number of aliphatic imine (C=N–C) groups is 1. The molecule has 1 aromatic rings. The van der Waals surface area contributed by atoms with Crippen LogP contribution in [0.3, 0.4) is 0 Å². The predicted octanol–water partition coefficient (Wildman–Crippen LogP) is 1.89. The van der Waals surface area contributed by atoms with Crippen molar-refractivity contribution in [3.8, 4) is 0 Å². The average Bonchev–Trinajstić information content (AvgIpc) is 3.07. The Hall–Kier alpha value is -2.11. The molecule has 1 saturated heterocycles. The molecule has 0 spiro atoms. The maximum absolute atomic E-state index is 13.2. The number of halogens is 1. The largest absolute Gasteiger partial charge is 0.357 e. The van der Waals surface area contributed by atoms with Crippen LogP contribution in [-0.2, 0) is 11.3 Å². The van der Waals surface area contributed by atoms with Gasteiger partial charge >= 0.3 is 0 Å². The molecule has 0 aliphatic carbocycles. The molecule has 23 heavy (non-hydrogen) atoms. The summed E-state index contributed by atoms with van der Waals surface area (Å²) in [5.74, 6) is 0.578. The molecule has 2 N–H and O–H groups in total. The van der Waals surface area contributed by atoms with Crippen LogP contribution in [0.15, 0.2) is 29.3 Å². The summed E-state index contributed by atoms with van der Waals surface area (Å²) in [7, 11) is 0. The highest BCUT2D eigenvalue weighted by Crippen LogP contribution is 2.08. The van der Waals surface area contributed by atoms with Gasteiger partial charge in [-0.15, -0.1) is 0 Å². The number of amides is 1. The van der Waals surface area contributed by atoms with Crippen molar-refractivity contribution in [2.45, 2.75) is 32.7 Å². The summed E-state index contributed by atoms with van der Waals surface area (Å²) < 4.78 is 13.2. The summed E-state index contributed by atoms with van der Waals surface area (Å²) in [6, 6.07) is 6.41. The second-order valence-corrected chi connectivity index (χ2v) is 5.59. The Balaban J connectivity index is 1.80. The van der Waals surface area contributed by atoms with E-state index >= 15 is 0 Å². The number of hydrogen-bond donors (Lipinski definition) is 2. The lowest BCUT2D eigenvalue weighted by Gasteiger charge is -2.16. The molecule has 0 atom stereocenters. The van der Waals surface area contributed by atoms with E-state index in [1.165, 1.54) is 12.1 Å². The Morgan fingerprint density at radius 3 is 2.78 bits per heavy atom. The molecule has 1 fully saturated rings. The van der Waals surface area contributed by atoms with Crippen molar-refractivity contribution in [2.75, 3.05) is 26.2 Å². The van der Waals surface area contributed by atoms with Gasteiger partial charge in [0, 0.05) is 32.6 Å². The summed E-state index contributed by atoms with van der Waals surface area (Å²) in [5, 5.41) is 6.29. The molecule has 6 heteroatoms. The Bertz CT molecular complexity index is 541. The number of nitrogens with one attached hydrogen (secondary N) is 2. The first-order valence-corrected chi connectivity index (χ1v) is 8.23. The maximum Gasteiger partial charge on any atom is 0.224 e. The van der Waals surface area contributed by atoms with Crippen molar-refractivity contribution in [3.05, 3.63) is 35.6 Å². The first-order chi connectivity index (χ1) is 11.2. The maximum atomic E-state index is 13.2. The van der Waals surface area contributed by atoms with E-state index in [4.69, 9.17) is 0 Å². The molecule has 0 saturated carbocycles. The average molecular weight is 320 g/mol. The lowest BCUT2D eigenvalue weighted by atomic mass is 10.2. The summed E-state index contributed by atoms with van der Waals surface area (Å²) >= 11 is 0. The molecule has 0 unspecified atom stereocenters. The van der Waals surface area contributed by atoms with Gasteiger partial charge < -0.3 is 15.5 Å². The van der Waals surface area contributed by atoms with Gasteiger partial charge in [0.15, 0.2) is 5.96 Å². The number of rotatable bonds is 6. The van der Waals surface area contributed by atoms with Gasteiger partial charge in [0.2, 0.25) is 5.91 Å². The highest BCUT2D eigenvalue weighted by molar-refractivity contribution is 5.81. The Labute approximate surface area is 137 Å². The van der Waals surface area contributed by atoms with E-state index in [2.05, 4.69) is 15.6 Å². The Morgan fingerprint density at radius 2 is 2.09 bits per heavy atom. The topological polar surface area (TPSA) is 56.7 Å². The molecule has 1 aliphatic rings. The Morgan fingerprint density at radius 1 is 1.30 bits per heavy atom. The smallest absolute Gasteiger partial charge is 0.224 e. The fourth-order valence-corrected chi connectivity index (χ4v) is 2.56. The van der Waals surface area contributed by atoms with Crippen LogP contribution in [0, 0.1) is 5.82 Å². The number of hydrogen-bond acceptors (Lipinski definition) is 2. The predicted molar refractivity (Wildman–Crippen MR) is 89.6 cm³/mol. The molecule has 1 amide bonds. The number of benzene rings is 1. The molecule has 2 rings (SSSR count). The van der Waals surface area contributed by atoms with Crippen LogP contribution in [0.25, 0.3) is 0 Å². The van der Waals surface area contributed by atoms with Gasteiger partial charge in [-0.25, -0.2) is 9.38 Å². The van der Waals surface area contributed by atoms with Crippen molar-refractivity contribution in [1.29, 1.82) is 0 Å². The van der Waals surface area contributed by atoms with E-state index in [1.54, 1.807) is 6.07 Å².